The Bertz CT molecular complexity index is 287. The zero-order chi connectivity index (χ0) is 14.5. The maximum absolute atomic E-state index is 11.1. The van der Waals surface area contributed by atoms with E-state index in [2.05, 4.69) is 6.92 Å². The molecular weight excluding hydrogens is 252 g/mol. The molecule has 0 radical (unpaired) electrons. The van der Waals surface area contributed by atoms with Gasteiger partial charge in [0.1, 0.15) is 6.61 Å². The lowest BCUT2D eigenvalue weighted by molar-refractivity contribution is -0.151. The lowest BCUT2D eigenvalue weighted by Crippen LogP contribution is -2.16. The molecule has 0 aromatic carbocycles. The van der Waals surface area contributed by atoms with E-state index in [9.17, 15) is 14.4 Å². The summed E-state index contributed by atoms with van der Waals surface area (Å²) in [5, 5.41) is 8.31. The van der Waals surface area contributed by atoms with Crippen LogP contribution in [0.5, 0.6) is 0 Å². The van der Waals surface area contributed by atoms with Gasteiger partial charge in [-0.2, -0.15) is 0 Å². The van der Waals surface area contributed by atoms with Crippen LogP contribution in [0.3, 0.4) is 0 Å². The predicted octanol–water partition coefficient (Wildman–Crippen LogP) is 1.56. The van der Waals surface area contributed by atoms with Crippen LogP contribution in [0.15, 0.2) is 0 Å². The fourth-order valence-electron chi connectivity index (χ4n) is 1.34. The van der Waals surface area contributed by atoms with Gasteiger partial charge < -0.3 is 14.6 Å². The Balaban J connectivity index is 3.34. The molecule has 0 spiro atoms. The Morgan fingerprint density at radius 3 is 2.32 bits per heavy atom. The fraction of sp³-hybridized carbons (Fsp3) is 0.769. The number of esters is 1. The number of carbonyl (C=O) groups excluding carboxylic acids is 2. The molecule has 0 fully saturated rings. The molecule has 19 heavy (non-hydrogen) atoms. The zero-order valence-corrected chi connectivity index (χ0v) is 11.4. The van der Waals surface area contributed by atoms with Crippen LogP contribution in [0, 0.1) is 0 Å². The monoisotopic (exact) mass is 274 g/mol. The third kappa shape index (κ3) is 11.4. The topological polar surface area (TPSA) is 89.9 Å². The van der Waals surface area contributed by atoms with E-state index in [1.54, 1.807) is 0 Å². The van der Waals surface area contributed by atoms with Crippen LogP contribution in [0.4, 0.5) is 0 Å². The van der Waals surface area contributed by atoms with E-state index in [1.165, 1.54) is 12.8 Å². The molecule has 0 bridgehead atoms. The third-order valence-electron chi connectivity index (χ3n) is 2.43. The van der Waals surface area contributed by atoms with Gasteiger partial charge in [-0.15, -0.1) is 0 Å². The van der Waals surface area contributed by atoms with Crippen LogP contribution in [0.2, 0.25) is 0 Å². The number of carbonyl (C=O) groups is 3. The van der Waals surface area contributed by atoms with E-state index in [4.69, 9.17) is 14.6 Å². The van der Waals surface area contributed by atoms with Crippen molar-refractivity contribution in [3.05, 3.63) is 0 Å². The Kier molecular flexibility index (Phi) is 10.8. The van der Waals surface area contributed by atoms with Gasteiger partial charge in [-0.1, -0.05) is 26.2 Å². The standard InChI is InChI=1S/C13H22O6/c1-2-3-4-5-8-18-9-10-19-12(15)7-6-11(14)13(16)17/h2-10H2,1H3,(H,16,17). The van der Waals surface area contributed by atoms with E-state index < -0.39 is 17.7 Å². The molecule has 6 nitrogen and oxygen atoms in total. The van der Waals surface area contributed by atoms with Crippen LogP contribution in [-0.2, 0) is 23.9 Å². The number of Topliss-reactive ketones (excluding diaryl/α,β-unsaturated/α-hetero) is 1. The summed E-state index contributed by atoms with van der Waals surface area (Å²) < 4.78 is 10.0. The molecule has 0 aliphatic carbocycles. The van der Waals surface area contributed by atoms with Crippen molar-refractivity contribution >= 4 is 17.7 Å². The van der Waals surface area contributed by atoms with Crippen molar-refractivity contribution in [2.24, 2.45) is 0 Å². The summed E-state index contributed by atoms with van der Waals surface area (Å²) >= 11 is 0. The molecule has 0 rings (SSSR count). The normalized spacial score (nSPS) is 10.2. The van der Waals surface area contributed by atoms with E-state index >= 15 is 0 Å². The van der Waals surface area contributed by atoms with Crippen LogP contribution in [0.1, 0.15) is 45.4 Å². The summed E-state index contributed by atoms with van der Waals surface area (Å²) in [5.74, 6) is -3.09. The predicted molar refractivity (Wildman–Crippen MR) is 67.8 cm³/mol. The van der Waals surface area contributed by atoms with Gasteiger partial charge in [-0.25, -0.2) is 4.79 Å². The van der Waals surface area contributed by atoms with Gasteiger partial charge in [0.2, 0.25) is 5.78 Å². The van der Waals surface area contributed by atoms with Gasteiger partial charge in [0.15, 0.2) is 0 Å². The molecular formula is C13H22O6. The minimum atomic E-state index is -1.52. The van der Waals surface area contributed by atoms with Gasteiger partial charge in [-0.05, 0) is 6.42 Å². The molecule has 110 valence electrons. The maximum Gasteiger partial charge on any atom is 0.372 e. The lowest BCUT2D eigenvalue weighted by Gasteiger charge is -2.05. The number of rotatable bonds is 12. The van der Waals surface area contributed by atoms with E-state index in [0.29, 0.717) is 13.2 Å². The largest absolute Gasteiger partial charge is 0.476 e. The van der Waals surface area contributed by atoms with Crippen molar-refractivity contribution in [3.63, 3.8) is 0 Å². The van der Waals surface area contributed by atoms with Crippen LogP contribution < -0.4 is 0 Å². The molecule has 0 aromatic rings. The molecule has 6 heteroatoms. The molecule has 0 aliphatic rings. The molecule has 0 atom stereocenters. The maximum atomic E-state index is 11.1. The molecule has 0 saturated heterocycles. The van der Waals surface area contributed by atoms with Crippen molar-refractivity contribution in [3.8, 4) is 0 Å². The second-order valence-electron chi connectivity index (χ2n) is 4.12. The van der Waals surface area contributed by atoms with Crippen LogP contribution >= 0.6 is 0 Å². The summed E-state index contributed by atoms with van der Waals surface area (Å²) in [6.07, 6.45) is 3.96. The van der Waals surface area contributed by atoms with E-state index in [1.807, 2.05) is 0 Å². The number of hydrogen-bond acceptors (Lipinski definition) is 5. The van der Waals surface area contributed by atoms with Gasteiger partial charge in [0, 0.05) is 13.0 Å². The average Bonchev–Trinajstić information content (AvgIpc) is 2.38. The minimum absolute atomic E-state index is 0.133. The molecule has 0 heterocycles. The molecule has 0 unspecified atom stereocenters. The van der Waals surface area contributed by atoms with Gasteiger partial charge in [0.05, 0.1) is 13.0 Å². The number of ether oxygens (including phenoxy) is 2. The highest BCUT2D eigenvalue weighted by Gasteiger charge is 2.13. The average molecular weight is 274 g/mol. The highest BCUT2D eigenvalue weighted by atomic mass is 16.6. The number of hydrogen-bond donors (Lipinski definition) is 1. The molecule has 0 aromatic heterocycles. The van der Waals surface area contributed by atoms with Gasteiger partial charge >= 0.3 is 11.9 Å². The molecule has 0 saturated carbocycles. The Labute approximate surface area is 113 Å². The highest BCUT2D eigenvalue weighted by Crippen LogP contribution is 1.99. The van der Waals surface area contributed by atoms with Crippen molar-refractivity contribution in [2.75, 3.05) is 19.8 Å². The smallest absolute Gasteiger partial charge is 0.372 e. The summed E-state index contributed by atoms with van der Waals surface area (Å²) in [4.78, 5) is 32.0. The SMILES string of the molecule is CCCCCCOCCOC(=O)CCC(=O)C(=O)O. The Morgan fingerprint density at radius 1 is 0.947 bits per heavy atom. The zero-order valence-electron chi connectivity index (χ0n) is 11.4. The first-order chi connectivity index (χ1) is 9.07. The third-order valence-corrected chi connectivity index (χ3v) is 2.43. The van der Waals surface area contributed by atoms with Crippen molar-refractivity contribution < 1.29 is 29.0 Å². The molecule has 0 aliphatic heterocycles. The number of ketones is 1. The van der Waals surface area contributed by atoms with Crippen molar-refractivity contribution in [2.45, 2.75) is 45.4 Å². The second-order valence-corrected chi connectivity index (χ2v) is 4.12. The minimum Gasteiger partial charge on any atom is -0.476 e. The Hall–Kier alpha value is -1.43. The first kappa shape index (κ1) is 17.6. The molecule has 0 amide bonds. The van der Waals surface area contributed by atoms with Crippen LogP contribution in [-0.4, -0.2) is 42.6 Å². The Morgan fingerprint density at radius 2 is 1.68 bits per heavy atom. The number of unbranched alkanes of at least 4 members (excludes halogenated alkanes) is 3. The van der Waals surface area contributed by atoms with Gasteiger partial charge in [-0.3, -0.25) is 9.59 Å². The quantitative estimate of drug-likeness (QED) is 0.330. The molecule has 1 N–H and O–H groups in total. The van der Waals surface area contributed by atoms with Gasteiger partial charge in [0.25, 0.3) is 0 Å². The van der Waals surface area contributed by atoms with E-state index in [0.717, 1.165) is 12.8 Å². The summed E-state index contributed by atoms with van der Waals surface area (Å²) in [6.45, 7) is 3.24. The summed E-state index contributed by atoms with van der Waals surface area (Å²) in [7, 11) is 0. The first-order valence-corrected chi connectivity index (χ1v) is 6.57. The second kappa shape index (κ2) is 11.6. The summed E-state index contributed by atoms with van der Waals surface area (Å²) in [5.41, 5.74) is 0. The fourth-order valence-corrected chi connectivity index (χ4v) is 1.34. The lowest BCUT2D eigenvalue weighted by atomic mass is 10.2. The first-order valence-electron chi connectivity index (χ1n) is 6.57. The number of carboxylic acids is 1. The number of carboxylic acid groups (broad SMARTS) is 1. The van der Waals surface area contributed by atoms with Crippen molar-refractivity contribution in [1.29, 1.82) is 0 Å². The van der Waals surface area contributed by atoms with E-state index in [-0.39, 0.29) is 19.4 Å². The van der Waals surface area contributed by atoms with Crippen LogP contribution in [0.25, 0.3) is 0 Å². The highest BCUT2D eigenvalue weighted by molar-refractivity contribution is 6.32. The van der Waals surface area contributed by atoms with Crippen molar-refractivity contribution in [1.82, 2.24) is 0 Å². The number of aliphatic carboxylic acids is 1. The summed E-state index contributed by atoms with van der Waals surface area (Å²) in [6, 6.07) is 0.